The highest BCUT2D eigenvalue weighted by Gasteiger charge is 2.20. The van der Waals surface area contributed by atoms with E-state index in [2.05, 4.69) is 5.32 Å². The zero-order valence-corrected chi connectivity index (χ0v) is 15.1. The Kier molecular flexibility index (Phi) is 5.41. The summed E-state index contributed by atoms with van der Waals surface area (Å²) in [6.07, 6.45) is 0. The van der Waals surface area contributed by atoms with Crippen molar-refractivity contribution < 1.29 is 23.1 Å². The lowest BCUT2D eigenvalue weighted by molar-refractivity contribution is -0.119. The first kappa shape index (κ1) is 18.6. The highest BCUT2D eigenvalue weighted by molar-refractivity contribution is 7.21. The maximum Gasteiger partial charge on any atom is 0.350 e. The minimum Gasteiger partial charge on any atom is -0.451 e. The fourth-order valence-corrected chi connectivity index (χ4v) is 3.75. The summed E-state index contributed by atoms with van der Waals surface area (Å²) < 4.78 is 31.8. The molecule has 1 N–H and O–H groups in total. The van der Waals surface area contributed by atoms with Gasteiger partial charge in [-0.1, -0.05) is 23.2 Å². The molecule has 0 aliphatic heterocycles. The van der Waals surface area contributed by atoms with Crippen LogP contribution in [0.15, 0.2) is 36.4 Å². The Bertz CT molecular complexity index is 1020. The van der Waals surface area contributed by atoms with Crippen LogP contribution in [0.5, 0.6) is 0 Å². The zero-order chi connectivity index (χ0) is 18.8. The van der Waals surface area contributed by atoms with Crippen molar-refractivity contribution in [1.82, 2.24) is 0 Å². The lowest BCUT2D eigenvalue weighted by Crippen LogP contribution is -2.20. The molecule has 1 heterocycles. The van der Waals surface area contributed by atoms with Crippen LogP contribution in [0.1, 0.15) is 9.67 Å². The van der Waals surface area contributed by atoms with E-state index in [-0.39, 0.29) is 20.6 Å². The number of hydrogen-bond donors (Lipinski definition) is 1. The SMILES string of the molecule is O=C(COC(=O)c1sc2cc(F)ccc2c1Cl)Nc1ccc(F)c(Cl)c1. The smallest absolute Gasteiger partial charge is 0.350 e. The third kappa shape index (κ3) is 3.95. The molecule has 134 valence electrons. The Morgan fingerprint density at radius 3 is 2.62 bits per heavy atom. The first-order chi connectivity index (χ1) is 12.3. The molecule has 1 aromatic heterocycles. The zero-order valence-electron chi connectivity index (χ0n) is 12.8. The first-order valence-electron chi connectivity index (χ1n) is 7.14. The van der Waals surface area contributed by atoms with E-state index in [1.807, 2.05) is 0 Å². The van der Waals surface area contributed by atoms with Crippen molar-refractivity contribution in [3.05, 3.63) is 63.0 Å². The number of carbonyl (C=O) groups excluding carboxylic acids is 2. The van der Waals surface area contributed by atoms with Gasteiger partial charge in [0.25, 0.3) is 5.91 Å². The molecule has 26 heavy (non-hydrogen) atoms. The van der Waals surface area contributed by atoms with Gasteiger partial charge in [0.05, 0.1) is 10.0 Å². The number of anilines is 1. The molecule has 4 nitrogen and oxygen atoms in total. The number of benzene rings is 2. The fraction of sp³-hybridized carbons (Fsp3) is 0.0588. The highest BCUT2D eigenvalue weighted by Crippen LogP contribution is 2.36. The molecule has 0 unspecified atom stereocenters. The van der Waals surface area contributed by atoms with Crippen LogP contribution in [0.3, 0.4) is 0 Å². The minimum absolute atomic E-state index is 0.0740. The third-order valence-electron chi connectivity index (χ3n) is 3.31. The lowest BCUT2D eigenvalue weighted by atomic mass is 10.2. The molecule has 0 aliphatic carbocycles. The number of esters is 1. The average molecular weight is 416 g/mol. The van der Waals surface area contributed by atoms with Gasteiger partial charge < -0.3 is 10.1 Å². The number of amides is 1. The number of nitrogens with one attached hydrogen (secondary N) is 1. The molecule has 3 aromatic rings. The van der Waals surface area contributed by atoms with Crippen molar-refractivity contribution >= 4 is 62.2 Å². The number of rotatable bonds is 4. The maximum absolute atomic E-state index is 13.3. The number of ether oxygens (including phenoxy) is 1. The van der Waals surface area contributed by atoms with Gasteiger partial charge in [-0.15, -0.1) is 11.3 Å². The number of halogens is 4. The van der Waals surface area contributed by atoms with E-state index in [1.54, 1.807) is 0 Å². The lowest BCUT2D eigenvalue weighted by Gasteiger charge is -2.06. The molecule has 1 amide bonds. The number of fused-ring (bicyclic) bond motifs is 1. The van der Waals surface area contributed by atoms with E-state index in [0.717, 1.165) is 17.4 Å². The topological polar surface area (TPSA) is 55.4 Å². The molecule has 0 aliphatic rings. The molecule has 0 radical (unpaired) electrons. The molecular formula is C17H9Cl2F2NO3S. The van der Waals surface area contributed by atoms with Gasteiger partial charge in [-0.2, -0.15) is 0 Å². The van der Waals surface area contributed by atoms with E-state index >= 15 is 0 Å². The third-order valence-corrected chi connectivity index (χ3v) is 5.24. The van der Waals surface area contributed by atoms with Gasteiger partial charge in [0.2, 0.25) is 0 Å². The predicted molar refractivity (Wildman–Crippen MR) is 97.1 cm³/mol. The molecule has 0 spiro atoms. The largest absolute Gasteiger partial charge is 0.451 e. The van der Waals surface area contributed by atoms with Gasteiger partial charge in [0, 0.05) is 15.8 Å². The van der Waals surface area contributed by atoms with Crippen LogP contribution in [0.4, 0.5) is 14.5 Å². The molecule has 2 aromatic carbocycles. The summed E-state index contributed by atoms with van der Waals surface area (Å²) in [5, 5.41) is 2.93. The van der Waals surface area contributed by atoms with Gasteiger partial charge in [-0.3, -0.25) is 4.79 Å². The summed E-state index contributed by atoms with van der Waals surface area (Å²) in [7, 11) is 0. The Morgan fingerprint density at radius 2 is 1.88 bits per heavy atom. The molecule has 0 saturated heterocycles. The van der Waals surface area contributed by atoms with Gasteiger partial charge >= 0.3 is 5.97 Å². The van der Waals surface area contributed by atoms with Crippen molar-refractivity contribution in [2.45, 2.75) is 0 Å². The number of thiophene rings is 1. The van der Waals surface area contributed by atoms with Crippen LogP contribution >= 0.6 is 34.5 Å². The average Bonchev–Trinajstić information content (AvgIpc) is 2.92. The summed E-state index contributed by atoms with van der Waals surface area (Å²) in [5.41, 5.74) is 0.257. The monoisotopic (exact) mass is 415 g/mol. The highest BCUT2D eigenvalue weighted by atomic mass is 35.5. The summed E-state index contributed by atoms with van der Waals surface area (Å²) in [6, 6.07) is 7.60. The summed E-state index contributed by atoms with van der Waals surface area (Å²) in [4.78, 5) is 24.1. The number of carbonyl (C=O) groups is 2. The van der Waals surface area contributed by atoms with Crippen molar-refractivity contribution in [2.24, 2.45) is 0 Å². The van der Waals surface area contributed by atoms with Crippen molar-refractivity contribution in [2.75, 3.05) is 11.9 Å². The second-order valence-electron chi connectivity index (χ2n) is 5.14. The van der Waals surface area contributed by atoms with E-state index in [9.17, 15) is 18.4 Å². The second kappa shape index (κ2) is 7.57. The van der Waals surface area contributed by atoms with E-state index in [1.165, 1.54) is 30.3 Å². The van der Waals surface area contributed by atoms with Crippen LogP contribution < -0.4 is 5.32 Å². The Labute approximate surface area is 160 Å². The van der Waals surface area contributed by atoms with Gasteiger partial charge in [-0.05, 0) is 36.4 Å². The molecule has 3 rings (SSSR count). The molecule has 0 atom stereocenters. The molecule has 0 saturated carbocycles. The maximum atomic E-state index is 13.3. The van der Waals surface area contributed by atoms with E-state index in [0.29, 0.717) is 10.1 Å². The first-order valence-corrected chi connectivity index (χ1v) is 8.72. The van der Waals surface area contributed by atoms with Gasteiger partial charge in [0.1, 0.15) is 16.5 Å². The van der Waals surface area contributed by atoms with Crippen molar-refractivity contribution in [3.63, 3.8) is 0 Å². The summed E-state index contributed by atoms with van der Waals surface area (Å²) in [5.74, 6) is -2.51. The summed E-state index contributed by atoms with van der Waals surface area (Å²) >= 11 is 12.7. The fourth-order valence-electron chi connectivity index (χ4n) is 2.14. The predicted octanol–water partition coefficient (Wildman–Crippen LogP) is 5.28. The van der Waals surface area contributed by atoms with Crippen LogP contribution in [0.2, 0.25) is 10.0 Å². The standard InChI is InChI=1S/C17H9Cl2F2NO3S/c18-11-6-9(2-4-12(11)21)22-14(23)7-25-17(24)16-15(19)10-3-1-8(20)5-13(10)26-16/h1-6H,7H2,(H,22,23). The van der Waals surface area contributed by atoms with Crippen molar-refractivity contribution in [1.29, 1.82) is 0 Å². The Balaban J connectivity index is 1.65. The van der Waals surface area contributed by atoms with E-state index < -0.39 is 30.1 Å². The molecule has 0 bridgehead atoms. The normalized spacial score (nSPS) is 10.8. The Morgan fingerprint density at radius 1 is 1.12 bits per heavy atom. The molecule has 9 heteroatoms. The summed E-state index contributed by atoms with van der Waals surface area (Å²) in [6.45, 7) is -0.577. The van der Waals surface area contributed by atoms with Crippen LogP contribution in [-0.4, -0.2) is 18.5 Å². The van der Waals surface area contributed by atoms with Gasteiger partial charge in [-0.25, -0.2) is 13.6 Å². The molecular weight excluding hydrogens is 407 g/mol. The van der Waals surface area contributed by atoms with Crippen LogP contribution in [0.25, 0.3) is 10.1 Å². The van der Waals surface area contributed by atoms with Gasteiger partial charge in [0.15, 0.2) is 6.61 Å². The minimum atomic E-state index is -0.802. The van der Waals surface area contributed by atoms with Crippen LogP contribution in [-0.2, 0) is 9.53 Å². The molecule has 0 fully saturated rings. The second-order valence-corrected chi connectivity index (χ2v) is 6.98. The van der Waals surface area contributed by atoms with Crippen molar-refractivity contribution in [3.8, 4) is 0 Å². The van der Waals surface area contributed by atoms with E-state index in [4.69, 9.17) is 27.9 Å². The Hall–Kier alpha value is -2.22. The number of hydrogen-bond acceptors (Lipinski definition) is 4. The quantitative estimate of drug-likeness (QED) is 0.589. The van der Waals surface area contributed by atoms with Crippen LogP contribution in [0, 0.1) is 11.6 Å².